The molecule has 2 N–H and O–H groups in total. The van der Waals surface area contributed by atoms with E-state index in [1.165, 1.54) is 25.8 Å². The zero-order valence-corrected chi connectivity index (χ0v) is 22.4. The van der Waals surface area contributed by atoms with E-state index in [0.717, 1.165) is 31.1 Å². The van der Waals surface area contributed by atoms with E-state index in [9.17, 15) is 29.1 Å². The van der Waals surface area contributed by atoms with E-state index in [1.807, 2.05) is 19.0 Å². The number of thioether (sulfide) groups is 1. The van der Waals surface area contributed by atoms with E-state index in [2.05, 4.69) is 15.1 Å². The fourth-order valence-corrected chi connectivity index (χ4v) is 5.80. The third-order valence-corrected chi connectivity index (χ3v) is 8.05. The second kappa shape index (κ2) is 12.7. The van der Waals surface area contributed by atoms with Crippen molar-refractivity contribution in [2.45, 2.75) is 30.8 Å². The fourth-order valence-electron chi connectivity index (χ4n) is 4.48. The number of carbonyl (C=O) groups is 5. The van der Waals surface area contributed by atoms with E-state index in [4.69, 9.17) is 9.47 Å². The summed E-state index contributed by atoms with van der Waals surface area (Å²) in [6.07, 6.45) is -0.194. The zero-order chi connectivity index (χ0) is 27.3. The minimum Gasteiger partial charge on any atom is -0.477 e. The van der Waals surface area contributed by atoms with Crippen molar-refractivity contribution in [3.63, 3.8) is 0 Å². The number of hydrogen-bond donors (Lipinski definition) is 2. The lowest BCUT2D eigenvalue weighted by Crippen LogP contribution is -2.70. The number of fused-ring (bicyclic) bond motifs is 1. The molecule has 3 unspecified atom stereocenters. The summed E-state index contributed by atoms with van der Waals surface area (Å²) in [5.41, 5.74) is 0.0913. The van der Waals surface area contributed by atoms with Crippen molar-refractivity contribution in [1.82, 2.24) is 24.9 Å². The lowest BCUT2D eigenvalue weighted by molar-refractivity contribution is -0.152. The summed E-state index contributed by atoms with van der Waals surface area (Å²) in [4.78, 5) is 69.0. The smallest absolute Gasteiger partial charge is 0.352 e. The fraction of sp³-hybridized carbons (Fsp3) is 0.696. The van der Waals surface area contributed by atoms with Crippen molar-refractivity contribution < 1.29 is 38.6 Å². The number of carboxylic acid groups (broad SMARTS) is 1. The summed E-state index contributed by atoms with van der Waals surface area (Å²) in [7, 11) is 5.29. The Labute approximate surface area is 220 Å². The molecule has 3 aliphatic heterocycles. The maximum absolute atomic E-state index is 13.0. The van der Waals surface area contributed by atoms with Crippen LogP contribution in [0, 0.1) is 0 Å². The summed E-state index contributed by atoms with van der Waals surface area (Å²) in [6.45, 7) is 5.36. The Morgan fingerprint density at radius 2 is 1.68 bits per heavy atom. The molecule has 2 fully saturated rings. The molecule has 0 bridgehead atoms. The minimum absolute atomic E-state index is 0.194. The number of methoxy groups -OCH3 is 1. The van der Waals surface area contributed by atoms with Crippen LogP contribution in [0.25, 0.3) is 0 Å². The monoisotopic (exact) mass is 541 g/mol. The Hall–Kier alpha value is -2.68. The van der Waals surface area contributed by atoms with Crippen LogP contribution < -0.4 is 5.32 Å². The van der Waals surface area contributed by atoms with Gasteiger partial charge in [-0.05, 0) is 14.1 Å². The zero-order valence-electron chi connectivity index (χ0n) is 21.6. The highest BCUT2D eigenvalue weighted by atomic mass is 32.2. The number of β-lactam (4-membered cyclic amide) rings is 1. The van der Waals surface area contributed by atoms with Crippen LogP contribution in [0.15, 0.2) is 11.3 Å². The van der Waals surface area contributed by atoms with Crippen molar-refractivity contribution in [2.75, 3.05) is 72.8 Å². The number of aliphatic carboxylic acids is 1. The van der Waals surface area contributed by atoms with Crippen molar-refractivity contribution in [2.24, 2.45) is 0 Å². The average Bonchev–Trinajstić information content (AvgIpc) is 2.94. The number of ether oxygens (including phenoxy) is 2. The van der Waals surface area contributed by atoms with E-state index < -0.39 is 47.2 Å². The maximum Gasteiger partial charge on any atom is 0.352 e. The van der Waals surface area contributed by atoms with Gasteiger partial charge in [0.05, 0.1) is 13.5 Å². The van der Waals surface area contributed by atoms with Crippen LogP contribution in [0.2, 0.25) is 0 Å². The Balaban J connectivity index is 1.68. The van der Waals surface area contributed by atoms with Gasteiger partial charge in [0.15, 0.2) is 0 Å². The number of rotatable bonds is 8. The molecule has 0 saturated carbocycles. The molecular formula is C23H35N5O8S. The number of hydrogen-bond acceptors (Lipinski definition) is 11. The first-order chi connectivity index (χ1) is 17.5. The molecule has 2 amide bonds. The molecule has 0 aromatic rings. The molecule has 3 rings (SSSR count). The van der Waals surface area contributed by atoms with Crippen LogP contribution in [-0.2, 0) is 33.4 Å². The van der Waals surface area contributed by atoms with E-state index in [0.29, 0.717) is 18.7 Å². The topological polar surface area (TPSA) is 149 Å². The van der Waals surface area contributed by atoms with Gasteiger partial charge in [-0.1, -0.05) is 0 Å². The Bertz CT molecular complexity index is 945. The average molecular weight is 542 g/mol. The Kier molecular flexibility index (Phi) is 9.93. The molecule has 13 nitrogen and oxygen atoms in total. The second-order valence-electron chi connectivity index (χ2n) is 9.38. The first-order valence-electron chi connectivity index (χ1n) is 12.0. The van der Waals surface area contributed by atoms with E-state index >= 15 is 0 Å². The van der Waals surface area contributed by atoms with Crippen LogP contribution in [-0.4, -0.2) is 145 Å². The summed E-state index contributed by atoms with van der Waals surface area (Å²) in [5, 5.41) is 11.8. The lowest BCUT2D eigenvalue weighted by atomic mass is 10.0. The van der Waals surface area contributed by atoms with Gasteiger partial charge in [-0.2, -0.15) is 0 Å². The largest absolute Gasteiger partial charge is 0.477 e. The highest BCUT2D eigenvalue weighted by Crippen LogP contribution is 2.40. The van der Waals surface area contributed by atoms with Gasteiger partial charge < -0.3 is 29.7 Å². The van der Waals surface area contributed by atoms with Crippen molar-refractivity contribution >= 4 is 41.5 Å². The van der Waals surface area contributed by atoms with Crippen LogP contribution in [0.4, 0.5) is 0 Å². The van der Waals surface area contributed by atoms with Crippen LogP contribution >= 0.6 is 11.8 Å². The first kappa shape index (κ1) is 28.9. The Morgan fingerprint density at radius 3 is 2.22 bits per heavy atom. The van der Waals surface area contributed by atoms with Crippen LogP contribution in [0.5, 0.6) is 0 Å². The quantitative estimate of drug-likeness (QED) is 0.269. The molecule has 37 heavy (non-hydrogen) atoms. The van der Waals surface area contributed by atoms with Crippen LogP contribution in [0.1, 0.15) is 13.3 Å². The molecule has 2 saturated heterocycles. The minimum atomic E-state index is -1.31. The predicted molar refractivity (Wildman–Crippen MR) is 133 cm³/mol. The van der Waals surface area contributed by atoms with Gasteiger partial charge in [0.1, 0.15) is 29.8 Å². The molecule has 14 heteroatoms. The van der Waals surface area contributed by atoms with Crippen LogP contribution in [0.3, 0.4) is 0 Å². The number of likely N-dealkylation sites (N-methyl/N-ethyl adjacent to an activating group) is 2. The molecule has 3 atom stereocenters. The number of nitrogens with one attached hydrogen (secondary N) is 1. The van der Waals surface area contributed by atoms with Gasteiger partial charge >= 0.3 is 17.9 Å². The highest BCUT2D eigenvalue weighted by Gasteiger charge is 2.54. The van der Waals surface area contributed by atoms with E-state index in [-0.39, 0.29) is 24.5 Å². The van der Waals surface area contributed by atoms with Crippen molar-refractivity contribution in [3.05, 3.63) is 11.3 Å². The standard InChI is InChI=1S/C23H35N5O8S/c1-14(29)36-12-15-13-37-21-18(20(31)28(21)19(15)22(32)33)24-17(30)11-16(23(34)35-4)27-9-7-25(2)5-6-26(3)8-10-27/h16,18,21H,5-13H2,1-4H3,(H,24,30)(H,32,33). The van der Waals surface area contributed by atoms with Gasteiger partial charge in [-0.15, -0.1) is 11.8 Å². The molecule has 3 heterocycles. The van der Waals surface area contributed by atoms with Crippen molar-refractivity contribution in [3.8, 4) is 0 Å². The summed E-state index contributed by atoms with van der Waals surface area (Å²) in [5.74, 6) is -3.22. The third-order valence-electron chi connectivity index (χ3n) is 6.71. The van der Waals surface area contributed by atoms with Gasteiger partial charge in [-0.3, -0.25) is 29.0 Å². The lowest BCUT2D eigenvalue weighted by Gasteiger charge is -2.49. The van der Waals surface area contributed by atoms with Gasteiger partial charge in [-0.25, -0.2) is 4.79 Å². The number of carbonyl (C=O) groups excluding carboxylic acids is 4. The number of carboxylic acids is 1. The molecule has 206 valence electrons. The predicted octanol–water partition coefficient (Wildman–Crippen LogP) is -1.60. The highest BCUT2D eigenvalue weighted by molar-refractivity contribution is 8.00. The van der Waals surface area contributed by atoms with Crippen molar-refractivity contribution in [1.29, 1.82) is 0 Å². The molecule has 0 radical (unpaired) electrons. The Morgan fingerprint density at radius 1 is 1.08 bits per heavy atom. The summed E-state index contributed by atoms with van der Waals surface area (Å²) >= 11 is 1.28. The third kappa shape index (κ3) is 7.00. The molecular weight excluding hydrogens is 506 g/mol. The SMILES string of the molecule is COC(=O)C(CC(=O)NC1C(=O)N2C(C(=O)O)=C(COC(C)=O)CSC12)N1CCN(C)CCN(C)CC1. The number of nitrogens with zero attached hydrogens (tertiary/aromatic N) is 4. The van der Waals surface area contributed by atoms with Gasteiger partial charge in [0, 0.05) is 57.5 Å². The molecule has 0 spiro atoms. The van der Waals surface area contributed by atoms with Gasteiger partial charge in [0.25, 0.3) is 5.91 Å². The summed E-state index contributed by atoms with van der Waals surface area (Å²) in [6, 6.07) is -1.74. The van der Waals surface area contributed by atoms with Gasteiger partial charge in [0.2, 0.25) is 5.91 Å². The number of esters is 2. The summed E-state index contributed by atoms with van der Waals surface area (Å²) < 4.78 is 9.93. The first-order valence-corrected chi connectivity index (χ1v) is 13.1. The number of amides is 2. The molecule has 0 aromatic heterocycles. The maximum atomic E-state index is 13.0. The molecule has 0 aromatic carbocycles. The molecule has 0 aliphatic carbocycles. The second-order valence-corrected chi connectivity index (χ2v) is 10.5. The molecule has 3 aliphatic rings. The normalized spacial score (nSPS) is 24.6. The van der Waals surface area contributed by atoms with E-state index in [1.54, 1.807) is 0 Å².